The SMILES string of the molecule is C=CC(=O)N1CCC(C(=O)N(CCc2ccc(F)cc2)C2CCCC2)CC1. The molecule has 0 unspecified atom stereocenters. The summed E-state index contributed by atoms with van der Waals surface area (Å²) in [5.41, 5.74) is 1.05. The van der Waals surface area contributed by atoms with E-state index < -0.39 is 0 Å². The molecule has 0 radical (unpaired) electrons. The van der Waals surface area contributed by atoms with Gasteiger partial charge in [-0.2, -0.15) is 0 Å². The summed E-state index contributed by atoms with van der Waals surface area (Å²) in [4.78, 5) is 28.9. The van der Waals surface area contributed by atoms with Crippen LogP contribution < -0.4 is 0 Å². The van der Waals surface area contributed by atoms with Gasteiger partial charge in [-0.3, -0.25) is 9.59 Å². The molecule has 2 amide bonds. The molecule has 146 valence electrons. The predicted octanol–water partition coefficient (Wildman–Crippen LogP) is 3.56. The van der Waals surface area contributed by atoms with E-state index in [1.54, 1.807) is 17.0 Å². The summed E-state index contributed by atoms with van der Waals surface area (Å²) in [6.07, 6.45) is 8.03. The number of nitrogens with zero attached hydrogens (tertiary/aromatic N) is 2. The molecule has 1 aliphatic heterocycles. The molecule has 1 saturated heterocycles. The second kappa shape index (κ2) is 9.16. The van der Waals surface area contributed by atoms with Crippen LogP contribution in [0.15, 0.2) is 36.9 Å². The van der Waals surface area contributed by atoms with Gasteiger partial charge in [-0.15, -0.1) is 0 Å². The molecule has 0 aromatic heterocycles. The number of amides is 2. The molecule has 2 fully saturated rings. The molecular formula is C22H29FN2O2. The number of rotatable bonds is 6. The second-order valence-corrected chi connectivity index (χ2v) is 7.65. The Morgan fingerprint density at radius 1 is 1.11 bits per heavy atom. The first kappa shape index (κ1) is 19.6. The highest BCUT2D eigenvalue weighted by atomic mass is 19.1. The van der Waals surface area contributed by atoms with E-state index in [-0.39, 0.29) is 23.5 Å². The van der Waals surface area contributed by atoms with Gasteiger partial charge in [0, 0.05) is 31.6 Å². The van der Waals surface area contributed by atoms with Gasteiger partial charge in [-0.05, 0) is 55.9 Å². The van der Waals surface area contributed by atoms with Crippen LogP contribution in [0.4, 0.5) is 4.39 Å². The van der Waals surface area contributed by atoms with Crippen molar-refractivity contribution in [3.05, 3.63) is 48.3 Å². The number of hydrogen-bond acceptors (Lipinski definition) is 2. The smallest absolute Gasteiger partial charge is 0.245 e. The standard InChI is InChI=1S/C22H29FN2O2/c1-2-21(26)24-14-12-18(13-15-24)22(27)25(20-5-3-4-6-20)16-11-17-7-9-19(23)10-8-17/h2,7-10,18,20H,1,3-6,11-16H2. The van der Waals surface area contributed by atoms with E-state index in [9.17, 15) is 14.0 Å². The third-order valence-corrected chi connectivity index (χ3v) is 5.93. The third-order valence-electron chi connectivity index (χ3n) is 5.93. The highest BCUT2D eigenvalue weighted by Gasteiger charge is 2.33. The molecule has 1 aliphatic carbocycles. The summed E-state index contributed by atoms with van der Waals surface area (Å²) < 4.78 is 13.1. The summed E-state index contributed by atoms with van der Waals surface area (Å²) in [5, 5.41) is 0. The van der Waals surface area contributed by atoms with E-state index in [4.69, 9.17) is 0 Å². The number of halogens is 1. The lowest BCUT2D eigenvalue weighted by Gasteiger charge is -2.36. The average Bonchev–Trinajstić information content (AvgIpc) is 3.23. The number of hydrogen-bond donors (Lipinski definition) is 0. The molecule has 3 rings (SSSR count). The van der Waals surface area contributed by atoms with Crippen molar-refractivity contribution in [1.82, 2.24) is 9.80 Å². The van der Waals surface area contributed by atoms with Gasteiger partial charge in [0.25, 0.3) is 0 Å². The van der Waals surface area contributed by atoms with E-state index >= 15 is 0 Å². The molecule has 4 nitrogen and oxygen atoms in total. The predicted molar refractivity (Wildman–Crippen MR) is 104 cm³/mol. The normalized spacial score (nSPS) is 18.5. The Morgan fingerprint density at radius 3 is 2.33 bits per heavy atom. The molecule has 5 heteroatoms. The lowest BCUT2D eigenvalue weighted by Crippen LogP contribution is -2.47. The monoisotopic (exact) mass is 372 g/mol. The molecule has 1 heterocycles. The van der Waals surface area contributed by atoms with Gasteiger partial charge in [0.05, 0.1) is 0 Å². The zero-order valence-electron chi connectivity index (χ0n) is 15.9. The van der Waals surface area contributed by atoms with E-state index in [2.05, 4.69) is 11.5 Å². The van der Waals surface area contributed by atoms with Crippen molar-refractivity contribution in [2.24, 2.45) is 5.92 Å². The Hall–Kier alpha value is -2.17. The maximum Gasteiger partial charge on any atom is 0.245 e. The van der Waals surface area contributed by atoms with Crippen molar-refractivity contribution in [3.63, 3.8) is 0 Å². The molecule has 0 N–H and O–H groups in total. The van der Waals surface area contributed by atoms with Crippen molar-refractivity contribution >= 4 is 11.8 Å². The molecule has 0 bridgehead atoms. The zero-order chi connectivity index (χ0) is 19.2. The zero-order valence-corrected chi connectivity index (χ0v) is 15.9. The summed E-state index contributed by atoms with van der Waals surface area (Å²) in [5.74, 6) is -0.0597. The van der Waals surface area contributed by atoms with Crippen molar-refractivity contribution in [1.29, 1.82) is 0 Å². The summed E-state index contributed by atoms with van der Waals surface area (Å²) in [6, 6.07) is 6.87. The first-order chi connectivity index (χ1) is 13.1. The Morgan fingerprint density at radius 2 is 1.74 bits per heavy atom. The molecule has 0 atom stereocenters. The molecule has 1 aromatic rings. The first-order valence-electron chi connectivity index (χ1n) is 10.0. The van der Waals surface area contributed by atoms with Crippen molar-refractivity contribution in [3.8, 4) is 0 Å². The molecular weight excluding hydrogens is 343 g/mol. The van der Waals surface area contributed by atoms with Crippen molar-refractivity contribution in [2.75, 3.05) is 19.6 Å². The first-order valence-corrected chi connectivity index (χ1v) is 10.0. The van der Waals surface area contributed by atoms with Crippen LogP contribution in [0.25, 0.3) is 0 Å². The molecule has 0 spiro atoms. The Bertz CT molecular complexity index is 659. The molecule has 2 aliphatic rings. The quantitative estimate of drug-likeness (QED) is 0.717. The fourth-order valence-electron chi connectivity index (χ4n) is 4.30. The summed E-state index contributed by atoms with van der Waals surface area (Å²) in [7, 11) is 0. The van der Waals surface area contributed by atoms with E-state index in [0.717, 1.165) is 37.7 Å². The molecule has 1 aromatic carbocycles. The van der Waals surface area contributed by atoms with Crippen LogP contribution in [0.2, 0.25) is 0 Å². The number of benzene rings is 1. The number of likely N-dealkylation sites (tertiary alicyclic amines) is 1. The lowest BCUT2D eigenvalue weighted by molar-refractivity contribution is -0.141. The largest absolute Gasteiger partial charge is 0.339 e. The van der Waals surface area contributed by atoms with Crippen molar-refractivity contribution < 1.29 is 14.0 Å². The van der Waals surface area contributed by atoms with Gasteiger partial charge in [0.15, 0.2) is 0 Å². The van der Waals surface area contributed by atoms with Gasteiger partial charge in [-0.1, -0.05) is 31.6 Å². The fourth-order valence-corrected chi connectivity index (χ4v) is 4.30. The second-order valence-electron chi connectivity index (χ2n) is 7.65. The third kappa shape index (κ3) is 4.96. The summed E-state index contributed by atoms with van der Waals surface area (Å²) >= 11 is 0. The van der Waals surface area contributed by atoms with Gasteiger partial charge in [-0.25, -0.2) is 4.39 Å². The van der Waals surface area contributed by atoms with Crippen LogP contribution in [-0.4, -0.2) is 47.3 Å². The lowest BCUT2D eigenvalue weighted by atomic mass is 9.94. The van der Waals surface area contributed by atoms with E-state index in [1.807, 2.05) is 0 Å². The van der Waals surface area contributed by atoms with Crippen LogP contribution >= 0.6 is 0 Å². The number of carbonyl (C=O) groups is 2. The van der Waals surface area contributed by atoms with Crippen molar-refractivity contribution in [2.45, 2.75) is 51.0 Å². The Labute approximate surface area is 161 Å². The Balaban J connectivity index is 1.62. The molecule has 27 heavy (non-hydrogen) atoms. The van der Waals surface area contributed by atoms with E-state index in [0.29, 0.717) is 25.7 Å². The van der Waals surface area contributed by atoms with Gasteiger partial charge < -0.3 is 9.80 Å². The van der Waals surface area contributed by atoms with Crippen LogP contribution in [0, 0.1) is 11.7 Å². The van der Waals surface area contributed by atoms with Crippen LogP contribution in [0.5, 0.6) is 0 Å². The number of piperidine rings is 1. The average molecular weight is 372 g/mol. The molecule has 1 saturated carbocycles. The van der Waals surface area contributed by atoms with Crippen LogP contribution in [0.3, 0.4) is 0 Å². The fraction of sp³-hybridized carbons (Fsp3) is 0.545. The maximum absolute atomic E-state index is 13.2. The minimum Gasteiger partial charge on any atom is -0.339 e. The topological polar surface area (TPSA) is 40.6 Å². The maximum atomic E-state index is 13.2. The number of carbonyl (C=O) groups excluding carboxylic acids is 2. The van der Waals surface area contributed by atoms with Crippen LogP contribution in [-0.2, 0) is 16.0 Å². The minimum absolute atomic E-state index is 0.00677. The highest BCUT2D eigenvalue weighted by Crippen LogP contribution is 2.28. The minimum atomic E-state index is -0.233. The van der Waals surface area contributed by atoms with Gasteiger partial charge in [0.2, 0.25) is 11.8 Å². The van der Waals surface area contributed by atoms with E-state index in [1.165, 1.54) is 31.1 Å². The highest BCUT2D eigenvalue weighted by molar-refractivity contribution is 5.87. The van der Waals surface area contributed by atoms with Gasteiger partial charge in [0.1, 0.15) is 5.82 Å². The van der Waals surface area contributed by atoms with Crippen LogP contribution in [0.1, 0.15) is 44.1 Å². The summed E-state index contributed by atoms with van der Waals surface area (Å²) in [6.45, 7) is 5.47. The van der Waals surface area contributed by atoms with Gasteiger partial charge >= 0.3 is 0 Å². The Kier molecular flexibility index (Phi) is 6.64.